The molecular weight excluding hydrogens is 410 g/mol. The molecule has 3 aromatic rings. The van der Waals surface area contributed by atoms with Crippen LogP contribution in [0.15, 0.2) is 41.6 Å². The van der Waals surface area contributed by atoms with Gasteiger partial charge in [0.15, 0.2) is 28.7 Å². The number of aryl methyl sites for hydroxylation is 1. The van der Waals surface area contributed by atoms with E-state index < -0.39 is 17.7 Å². The van der Waals surface area contributed by atoms with Gasteiger partial charge in [-0.2, -0.15) is 0 Å². The number of hydrogen-bond donors (Lipinski definition) is 1. The van der Waals surface area contributed by atoms with Gasteiger partial charge >= 0.3 is 0 Å². The standard InChI is InChI=1S/C21H22F2N4O2S/c1-12-6-5-7-17(13(12)2)24-19(28)11-30-21-26-25-20(27(21)4)14(3)29-18-9-8-15(22)10-16(18)23/h5-10,14H,11H2,1-4H3,(H,24,28). The molecule has 158 valence electrons. The number of rotatable bonds is 7. The first kappa shape index (κ1) is 21.8. The number of carbonyl (C=O) groups is 1. The number of amides is 1. The van der Waals surface area contributed by atoms with E-state index in [0.29, 0.717) is 11.0 Å². The molecule has 0 saturated carbocycles. The van der Waals surface area contributed by atoms with Gasteiger partial charge < -0.3 is 14.6 Å². The second-order valence-corrected chi connectivity index (χ2v) is 7.76. The molecule has 9 heteroatoms. The zero-order valence-electron chi connectivity index (χ0n) is 17.1. The number of nitrogens with one attached hydrogen (secondary N) is 1. The predicted molar refractivity (Wildman–Crippen MR) is 112 cm³/mol. The fourth-order valence-electron chi connectivity index (χ4n) is 2.82. The minimum atomic E-state index is -0.790. The van der Waals surface area contributed by atoms with Crippen LogP contribution in [0.2, 0.25) is 0 Å². The van der Waals surface area contributed by atoms with Crippen LogP contribution in [-0.4, -0.2) is 26.4 Å². The summed E-state index contributed by atoms with van der Waals surface area (Å²) in [6.45, 7) is 5.63. The minimum Gasteiger partial charge on any atom is -0.480 e. The number of benzene rings is 2. The van der Waals surface area contributed by atoms with Gasteiger partial charge in [0.25, 0.3) is 0 Å². The zero-order valence-corrected chi connectivity index (χ0v) is 17.9. The smallest absolute Gasteiger partial charge is 0.234 e. The summed E-state index contributed by atoms with van der Waals surface area (Å²) in [4.78, 5) is 12.3. The summed E-state index contributed by atoms with van der Waals surface area (Å²) in [5.41, 5.74) is 2.91. The van der Waals surface area contributed by atoms with Crippen LogP contribution < -0.4 is 10.1 Å². The molecule has 0 bridgehead atoms. The lowest BCUT2D eigenvalue weighted by atomic mass is 10.1. The molecule has 1 amide bonds. The average Bonchev–Trinajstić information content (AvgIpc) is 3.06. The maximum Gasteiger partial charge on any atom is 0.234 e. The van der Waals surface area contributed by atoms with Crippen molar-refractivity contribution in [3.8, 4) is 5.75 Å². The van der Waals surface area contributed by atoms with E-state index in [1.54, 1.807) is 18.5 Å². The lowest BCUT2D eigenvalue weighted by Gasteiger charge is -2.14. The summed E-state index contributed by atoms with van der Waals surface area (Å²) < 4.78 is 34.1. The molecule has 1 atom stereocenters. The van der Waals surface area contributed by atoms with Gasteiger partial charge in [0, 0.05) is 18.8 Å². The number of anilines is 1. The van der Waals surface area contributed by atoms with Crippen LogP contribution >= 0.6 is 11.8 Å². The Labute approximate surface area is 177 Å². The lowest BCUT2D eigenvalue weighted by molar-refractivity contribution is -0.113. The third kappa shape index (κ3) is 4.96. The van der Waals surface area contributed by atoms with Crippen molar-refractivity contribution in [1.29, 1.82) is 0 Å². The van der Waals surface area contributed by atoms with Crippen molar-refractivity contribution in [3.05, 3.63) is 65.0 Å². The number of ether oxygens (including phenoxy) is 1. The van der Waals surface area contributed by atoms with Gasteiger partial charge in [-0.25, -0.2) is 8.78 Å². The Bertz CT molecular complexity index is 1070. The number of halogens is 2. The van der Waals surface area contributed by atoms with E-state index in [-0.39, 0.29) is 17.4 Å². The van der Waals surface area contributed by atoms with Crippen LogP contribution in [0.1, 0.15) is 30.0 Å². The van der Waals surface area contributed by atoms with Gasteiger partial charge in [-0.1, -0.05) is 23.9 Å². The summed E-state index contributed by atoms with van der Waals surface area (Å²) in [5, 5.41) is 11.6. The number of aromatic nitrogens is 3. The molecule has 1 N–H and O–H groups in total. The highest BCUT2D eigenvalue weighted by Gasteiger charge is 2.19. The Morgan fingerprint density at radius 3 is 2.73 bits per heavy atom. The lowest BCUT2D eigenvalue weighted by Crippen LogP contribution is -2.16. The Morgan fingerprint density at radius 2 is 2.00 bits per heavy atom. The first-order valence-electron chi connectivity index (χ1n) is 9.26. The molecule has 0 radical (unpaired) electrons. The Kier molecular flexibility index (Phi) is 6.71. The predicted octanol–water partition coefficient (Wildman–Crippen LogP) is 4.58. The molecule has 0 aliphatic rings. The van der Waals surface area contributed by atoms with Crippen LogP contribution in [0, 0.1) is 25.5 Å². The van der Waals surface area contributed by atoms with E-state index in [2.05, 4.69) is 15.5 Å². The molecule has 1 unspecified atom stereocenters. The topological polar surface area (TPSA) is 69.0 Å². The molecule has 0 spiro atoms. The summed E-state index contributed by atoms with van der Waals surface area (Å²) in [6, 6.07) is 8.85. The summed E-state index contributed by atoms with van der Waals surface area (Å²) >= 11 is 1.23. The van der Waals surface area contributed by atoms with Crippen molar-refractivity contribution >= 4 is 23.4 Å². The van der Waals surface area contributed by atoms with E-state index in [1.165, 1.54) is 17.8 Å². The van der Waals surface area contributed by atoms with Crippen LogP contribution in [-0.2, 0) is 11.8 Å². The van der Waals surface area contributed by atoms with E-state index in [9.17, 15) is 13.6 Å². The quantitative estimate of drug-likeness (QED) is 0.554. The van der Waals surface area contributed by atoms with Crippen LogP contribution in [0.5, 0.6) is 5.75 Å². The molecule has 2 aromatic carbocycles. The first-order chi connectivity index (χ1) is 14.3. The average molecular weight is 432 g/mol. The van der Waals surface area contributed by atoms with Gasteiger partial charge in [-0.05, 0) is 50.1 Å². The van der Waals surface area contributed by atoms with Gasteiger partial charge in [0.2, 0.25) is 5.91 Å². The van der Waals surface area contributed by atoms with E-state index in [1.807, 2.05) is 32.0 Å². The zero-order chi connectivity index (χ0) is 21.8. The molecule has 30 heavy (non-hydrogen) atoms. The van der Waals surface area contributed by atoms with Crippen molar-refractivity contribution in [2.45, 2.75) is 32.0 Å². The van der Waals surface area contributed by atoms with Crippen molar-refractivity contribution in [2.24, 2.45) is 7.05 Å². The number of thioether (sulfide) groups is 1. The Hall–Kier alpha value is -2.94. The molecule has 1 aromatic heterocycles. The molecule has 0 fully saturated rings. The molecular formula is C21H22F2N4O2S. The van der Waals surface area contributed by atoms with Crippen molar-refractivity contribution in [3.63, 3.8) is 0 Å². The highest BCUT2D eigenvalue weighted by Crippen LogP contribution is 2.26. The highest BCUT2D eigenvalue weighted by molar-refractivity contribution is 7.99. The summed E-state index contributed by atoms with van der Waals surface area (Å²) in [6.07, 6.45) is -0.624. The maximum atomic E-state index is 13.8. The van der Waals surface area contributed by atoms with Gasteiger partial charge in [0.05, 0.1) is 5.75 Å². The number of hydrogen-bond acceptors (Lipinski definition) is 5. The van der Waals surface area contributed by atoms with Gasteiger partial charge in [-0.15, -0.1) is 10.2 Å². The largest absolute Gasteiger partial charge is 0.480 e. The number of nitrogens with zero attached hydrogens (tertiary/aromatic N) is 3. The maximum absolute atomic E-state index is 13.8. The Balaban J connectivity index is 1.62. The van der Waals surface area contributed by atoms with Crippen molar-refractivity contribution in [1.82, 2.24) is 14.8 Å². The van der Waals surface area contributed by atoms with Crippen LogP contribution in [0.3, 0.4) is 0 Å². The normalized spacial score (nSPS) is 11.9. The molecule has 0 aliphatic heterocycles. The third-order valence-corrected chi connectivity index (χ3v) is 5.66. The SMILES string of the molecule is Cc1cccc(NC(=O)CSc2nnc(C(C)Oc3ccc(F)cc3F)n2C)c1C. The second kappa shape index (κ2) is 9.25. The molecule has 1 heterocycles. The highest BCUT2D eigenvalue weighted by atomic mass is 32.2. The Morgan fingerprint density at radius 1 is 1.23 bits per heavy atom. The fraction of sp³-hybridized carbons (Fsp3) is 0.286. The third-order valence-electron chi connectivity index (χ3n) is 4.64. The van der Waals surface area contributed by atoms with Crippen LogP contribution in [0.4, 0.5) is 14.5 Å². The summed E-state index contributed by atoms with van der Waals surface area (Å²) in [5.74, 6) is -1.09. The molecule has 6 nitrogen and oxygen atoms in total. The fourth-order valence-corrected chi connectivity index (χ4v) is 3.54. The first-order valence-corrected chi connectivity index (χ1v) is 10.2. The van der Waals surface area contributed by atoms with Crippen molar-refractivity contribution in [2.75, 3.05) is 11.1 Å². The van der Waals surface area contributed by atoms with E-state index in [4.69, 9.17) is 4.74 Å². The minimum absolute atomic E-state index is 0.0750. The summed E-state index contributed by atoms with van der Waals surface area (Å²) in [7, 11) is 1.74. The van der Waals surface area contributed by atoms with E-state index in [0.717, 1.165) is 28.9 Å². The van der Waals surface area contributed by atoms with E-state index >= 15 is 0 Å². The van der Waals surface area contributed by atoms with Gasteiger partial charge in [0.1, 0.15) is 5.82 Å². The molecule has 3 rings (SSSR count). The number of carbonyl (C=O) groups excluding carboxylic acids is 1. The molecule has 0 saturated heterocycles. The second-order valence-electron chi connectivity index (χ2n) is 6.82. The van der Waals surface area contributed by atoms with Crippen LogP contribution in [0.25, 0.3) is 0 Å². The monoisotopic (exact) mass is 432 g/mol. The van der Waals surface area contributed by atoms with Crippen molar-refractivity contribution < 1.29 is 18.3 Å². The van der Waals surface area contributed by atoms with Gasteiger partial charge in [-0.3, -0.25) is 4.79 Å². The molecule has 0 aliphatic carbocycles.